The van der Waals surface area contributed by atoms with Gasteiger partial charge in [-0.1, -0.05) is 41.7 Å². The first-order valence-corrected chi connectivity index (χ1v) is 5.77. The normalized spacial score (nSPS) is 9.17. The molecule has 0 amide bonds. The third-order valence-corrected chi connectivity index (χ3v) is 2.52. The lowest BCUT2D eigenvalue weighted by atomic mass is 10.2. The lowest BCUT2D eigenvalue weighted by molar-refractivity contribution is -0.134. The van der Waals surface area contributed by atoms with Crippen LogP contribution in [0.15, 0.2) is 41.2 Å². The number of hydrogen-bond donors (Lipinski definition) is 2. The van der Waals surface area contributed by atoms with Crippen molar-refractivity contribution in [1.82, 2.24) is 4.98 Å². The molecule has 94 valence electrons. The Labute approximate surface area is 107 Å². The Hall–Kier alpha value is -2.21. The quantitative estimate of drug-likeness (QED) is 0.823. The number of carbonyl (C=O) groups is 1. The molecule has 0 aliphatic heterocycles. The molecular formula is C12H11NO4S. The fraction of sp³-hybridized carbons (Fsp3) is 0.0833. The first-order valence-electron chi connectivity index (χ1n) is 4.95. The van der Waals surface area contributed by atoms with E-state index < -0.39 is 5.97 Å². The van der Waals surface area contributed by atoms with Gasteiger partial charge in [-0.3, -0.25) is 9.59 Å². The van der Waals surface area contributed by atoms with Crippen molar-refractivity contribution in [3.63, 3.8) is 0 Å². The molecule has 1 aromatic carbocycles. The molecule has 1 aromatic heterocycles. The molecule has 18 heavy (non-hydrogen) atoms. The predicted octanol–water partition coefficient (Wildman–Crippen LogP) is 1.97. The molecule has 0 bridgehead atoms. The summed E-state index contributed by atoms with van der Waals surface area (Å²) >= 11 is 1.02. The Morgan fingerprint density at radius 1 is 1.28 bits per heavy atom. The molecule has 0 unspecified atom stereocenters. The predicted molar refractivity (Wildman–Crippen MR) is 68.8 cm³/mol. The Kier molecular flexibility index (Phi) is 5.01. The summed E-state index contributed by atoms with van der Waals surface area (Å²) in [6, 6.07) is 10.4. The van der Waals surface area contributed by atoms with Crippen molar-refractivity contribution in [3.05, 3.63) is 45.9 Å². The number of carboxylic acid groups (broad SMARTS) is 1. The number of aliphatic carboxylic acids is 1. The first-order chi connectivity index (χ1) is 8.49. The summed E-state index contributed by atoms with van der Waals surface area (Å²) in [6.07, 6.45) is 0. The summed E-state index contributed by atoms with van der Waals surface area (Å²) in [5.41, 5.74) is 0.838. The van der Waals surface area contributed by atoms with Gasteiger partial charge < -0.3 is 10.2 Å². The highest BCUT2D eigenvalue weighted by Gasteiger charge is 2.02. The van der Waals surface area contributed by atoms with Gasteiger partial charge in [-0.05, 0) is 0 Å². The molecule has 0 fully saturated rings. The highest BCUT2D eigenvalue weighted by molar-refractivity contribution is 7.12. The van der Waals surface area contributed by atoms with E-state index in [-0.39, 0.29) is 10.6 Å². The second-order valence-corrected chi connectivity index (χ2v) is 4.22. The van der Waals surface area contributed by atoms with Gasteiger partial charge in [0.2, 0.25) is 10.6 Å². The van der Waals surface area contributed by atoms with Crippen molar-refractivity contribution >= 4 is 17.3 Å². The zero-order chi connectivity index (χ0) is 13.5. The maximum absolute atomic E-state index is 11.1. The number of aromatic nitrogens is 1. The van der Waals surface area contributed by atoms with Gasteiger partial charge in [0.15, 0.2) is 0 Å². The van der Waals surface area contributed by atoms with Gasteiger partial charge in [-0.2, -0.15) is 0 Å². The molecule has 2 N–H and O–H groups in total. The number of rotatable bonds is 1. The van der Waals surface area contributed by atoms with Crippen LogP contribution in [-0.2, 0) is 4.79 Å². The minimum atomic E-state index is -0.833. The van der Waals surface area contributed by atoms with Crippen LogP contribution in [-0.4, -0.2) is 21.2 Å². The smallest absolute Gasteiger partial charge is 0.300 e. The molecule has 1 heterocycles. The van der Waals surface area contributed by atoms with E-state index in [1.54, 1.807) is 0 Å². The fourth-order valence-electron chi connectivity index (χ4n) is 1.09. The minimum Gasteiger partial charge on any atom is -0.493 e. The van der Waals surface area contributed by atoms with E-state index in [1.165, 1.54) is 0 Å². The molecular weight excluding hydrogens is 254 g/mol. The van der Waals surface area contributed by atoms with Crippen LogP contribution in [0.2, 0.25) is 0 Å². The van der Waals surface area contributed by atoms with Crippen molar-refractivity contribution in [2.45, 2.75) is 6.92 Å². The van der Waals surface area contributed by atoms with Crippen LogP contribution in [0, 0.1) is 0 Å². The standard InChI is InChI=1S/C10H7NO2S.C2H4O2/c12-8-6-9(13)14-10(11-8)7-4-2-1-3-5-7;1-2(3)4/h1-6,12H;1H3,(H,3,4). The van der Waals surface area contributed by atoms with Gasteiger partial charge in [0, 0.05) is 12.5 Å². The van der Waals surface area contributed by atoms with Crippen molar-refractivity contribution in [2.75, 3.05) is 0 Å². The first kappa shape index (κ1) is 13.9. The largest absolute Gasteiger partial charge is 0.493 e. The molecule has 0 saturated carbocycles. The Morgan fingerprint density at radius 3 is 2.33 bits per heavy atom. The molecule has 5 nitrogen and oxygen atoms in total. The molecule has 0 spiro atoms. The van der Waals surface area contributed by atoms with Gasteiger partial charge in [0.1, 0.15) is 5.01 Å². The summed E-state index contributed by atoms with van der Waals surface area (Å²) in [5.74, 6) is -1.06. The Bertz CT molecular complexity index is 576. The summed E-state index contributed by atoms with van der Waals surface area (Å²) in [6.45, 7) is 1.08. The maximum atomic E-state index is 11.1. The zero-order valence-electron chi connectivity index (χ0n) is 9.53. The van der Waals surface area contributed by atoms with Crippen molar-refractivity contribution < 1.29 is 15.0 Å². The summed E-state index contributed by atoms with van der Waals surface area (Å²) in [7, 11) is 0. The molecule has 0 atom stereocenters. The molecule has 0 aliphatic carbocycles. The van der Waals surface area contributed by atoms with Crippen LogP contribution in [0.25, 0.3) is 10.6 Å². The van der Waals surface area contributed by atoms with E-state index in [9.17, 15) is 4.79 Å². The van der Waals surface area contributed by atoms with Gasteiger partial charge in [-0.15, -0.1) is 0 Å². The average Bonchev–Trinajstić information content (AvgIpc) is 2.28. The van der Waals surface area contributed by atoms with Gasteiger partial charge in [-0.25, -0.2) is 4.98 Å². The number of benzene rings is 1. The second kappa shape index (κ2) is 6.51. The zero-order valence-corrected chi connectivity index (χ0v) is 10.3. The molecule has 2 aromatic rings. The molecule has 0 radical (unpaired) electrons. The summed E-state index contributed by atoms with van der Waals surface area (Å²) in [4.78, 5) is 24.0. The highest BCUT2D eigenvalue weighted by atomic mass is 32.1. The topological polar surface area (TPSA) is 87.5 Å². The average molecular weight is 265 g/mol. The van der Waals surface area contributed by atoms with E-state index >= 15 is 0 Å². The number of nitrogens with zero attached hydrogens (tertiary/aromatic N) is 1. The maximum Gasteiger partial charge on any atom is 0.300 e. The summed E-state index contributed by atoms with van der Waals surface area (Å²) in [5, 5.41) is 17.1. The van der Waals surface area contributed by atoms with E-state index in [0.29, 0.717) is 5.01 Å². The fourth-order valence-corrected chi connectivity index (χ4v) is 1.84. The lowest BCUT2D eigenvalue weighted by Gasteiger charge is -1.98. The van der Waals surface area contributed by atoms with Gasteiger partial charge in [0.25, 0.3) is 5.97 Å². The van der Waals surface area contributed by atoms with Crippen molar-refractivity contribution in [3.8, 4) is 16.5 Å². The van der Waals surface area contributed by atoms with Crippen LogP contribution in [0.1, 0.15) is 6.92 Å². The third kappa shape index (κ3) is 4.75. The van der Waals surface area contributed by atoms with Gasteiger partial charge in [0.05, 0.1) is 6.07 Å². The van der Waals surface area contributed by atoms with E-state index in [2.05, 4.69) is 4.98 Å². The monoisotopic (exact) mass is 265 g/mol. The second-order valence-electron chi connectivity index (χ2n) is 3.23. The molecule has 6 heteroatoms. The van der Waals surface area contributed by atoms with Crippen LogP contribution >= 0.6 is 11.3 Å². The summed E-state index contributed by atoms with van der Waals surface area (Å²) < 4.78 is -0.198. The van der Waals surface area contributed by atoms with E-state index in [0.717, 1.165) is 29.9 Å². The number of hydrogen-bond acceptors (Lipinski definition) is 5. The van der Waals surface area contributed by atoms with E-state index in [4.69, 9.17) is 15.0 Å². The van der Waals surface area contributed by atoms with E-state index in [1.807, 2.05) is 30.3 Å². The van der Waals surface area contributed by atoms with Crippen LogP contribution in [0.3, 0.4) is 0 Å². The lowest BCUT2D eigenvalue weighted by Crippen LogP contribution is -1.93. The molecule has 0 aliphatic rings. The molecule has 2 rings (SSSR count). The number of carboxylic acids is 1. The third-order valence-electron chi connectivity index (χ3n) is 1.68. The van der Waals surface area contributed by atoms with Crippen LogP contribution < -0.4 is 4.74 Å². The Balaban J connectivity index is 0.000000357. The Morgan fingerprint density at radius 2 is 1.83 bits per heavy atom. The van der Waals surface area contributed by atoms with Crippen LogP contribution in [0.4, 0.5) is 0 Å². The SMILES string of the molecule is CC(=O)O.O=c1cc(O)nc(-c2ccccc2)s1. The minimum absolute atomic E-state index is 0.198. The van der Waals surface area contributed by atoms with Gasteiger partial charge >= 0.3 is 0 Å². The van der Waals surface area contributed by atoms with Crippen molar-refractivity contribution in [1.29, 1.82) is 0 Å². The van der Waals surface area contributed by atoms with Crippen LogP contribution in [0.5, 0.6) is 5.88 Å². The number of aromatic hydroxyl groups is 1. The molecule has 0 saturated heterocycles. The van der Waals surface area contributed by atoms with Crippen molar-refractivity contribution in [2.24, 2.45) is 0 Å². The highest BCUT2D eigenvalue weighted by Crippen LogP contribution is 2.20.